The summed E-state index contributed by atoms with van der Waals surface area (Å²) >= 11 is 0. The van der Waals surface area contributed by atoms with Gasteiger partial charge in [0.25, 0.3) is 0 Å². The second-order valence-corrected chi connectivity index (χ2v) is 11.5. The van der Waals surface area contributed by atoms with Crippen molar-refractivity contribution in [3.05, 3.63) is 58.5 Å². The molecule has 3 aromatic rings. The van der Waals surface area contributed by atoms with Gasteiger partial charge in [0.1, 0.15) is 6.54 Å². The fourth-order valence-electron chi connectivity index (χ4n) is 5.31. The number of nitrogens with zero attached hydrogens (tertiary/aromatic N) is 4. The lowest BCUT2D eigenvalue weighted by Gasteiger charge is -2.23. The van der Waals surface area contributed by atoms with Gasteiger partial charge in [0.15, 0.2) is 0 Å². The number of sulfonamides is 1. The third kappa shape index (κ3) is 3.58. The van der Waals surface area contributed by atoms with E-state index in [1.165, 1.54) is 8.87 Å². The number of para-hydroxylation sites is 1. The highest BCUT2D eigenvalue weighted by atomic mass is 32.2. The molecule has 2 aliphatic rings. The first-order valence-corrected chi connectivity index (χ1v) is 13.3. The zero-order valence-electron chi connectivity index (χ0n) is 19.8. The van der Waals surface area contributed by atoms with Gasteiger partial charge in [0.05, 0.1) is 15.9 Å². The molecule has 8 nitrogen and oxygen atoms in total. The van der Waals surface area contributed by atoms with Gasteiger partial charge >= 0.3 is 5.69 Å². The Morgan fingerprint density at radius 2 is 1.76 bits per heavy atom. The maximum atomic E-state index is 13.5. The zero-order chi connectivity index (χ0) is 24.2. The van der Waals surface area contributed by atoms with Crippen LogP contribution in [0.3, 0.4) is 0 Å². The van der Waals surface area contributed by atoms with Crippen LogP contribution >= 0.6 is 0 Å². The maximum Gasteiger partial charge on any atom is 0.329 e. The summed E-state index contributed by atoms with van der Waals surface area (Å²) in [4.78, 5) is 28.8. The molecule has 0 aliphatic carbocycles. The van der Waals surface area contributed by atoms with Crippen LogP contribution in [0.1, 0.15) is 45.2 Å². The van der Waals surface area contributed by atoms with Gasteiger partial charge in [-0.3, -0.25) is 13.9 Å². The fraction of sp³-hybridized carbons (Fsp3) is 0.440. The van der Waals surface area contributed by atoms with Crippen LogP contribution in [0.25, 0.3) is 11.0 Å². The van der Waals surface area contributed by atoms with Crippen LogP contribution in [0.15, 0.2) is 52.2 Å². The second kappa shape index (κ2) is 8.39. The highest BCUT2D eigenvalue weighted by molar-refractivity contribution is 7.89. The number of fused-ring (bicyclic) bond motifs is 2. The molecule has 2 aliphatic heterocycles. The van der Waals surface area contributed by atoms with Gasteiger partial charge in [0.2, 0.25) is 15.9 Å². The van der Waals surface area contributed by atoms with Crippen molar-refractivity contribution in [3.63, 3.8) is 0 Å². The van der Waals surface area contributed by atoms with E-state index < -0.39 is 10.0 Å². The molecule has 1 amide bonds. The first-order valence-electron chi connectivity index (χ1n) is 11.8. The van der Waals surface area contributed by atoms with Crippen molar-refractivity contribution in [3.8, 4) is 0 Å². The van der Waals surface area contributed by atoms with Crippen LogP contribution < -0.4 is 10.6 Å². The third-order valence-electron chi connectivity index (χ3n) is 6.92. The Labute approximate surface area is 199 Å². The van der Waals surface area contributed by atoms with Crippen molar-refractivity contribution in [2.45, 2.75) is 63.6 Å². The molecule has 0 N–H and O–H groups in total. The van der Waals surface area contributed by atoms with Gasteiger partial charge in [-0.1, -0.05) is 18.2 Å². The fourth-order valence-corrected chi connectivity index (χ4v) is 6.84. The smallest absolute Gasteiger partial charge is 0.307 e. The molecule has 1 fully saturated rings. The number of carbonyl (C=O) groups excluding carboxylic acids is 1. The molecule has 1 aromatic heterocycles. The van der Waals surface area contributed by atoms with Crippen molar-refractivity contribution < 1.29 is 13.2 Å². The van der Waals surface area contributed by atoms with E-state index in [2.05, 4.69) is 0 Å². The van der Waals surface area contributed by atoms with Gasteiger partial charge in [-0.2, -0.15) is 4.31 Å². The SMILES string of the molecule is CC(C)n1c(=O)n(CC(=O)N2c3ccccc3C[C@@H]2C)c2cc(S(=O)(=O)N3CCCC3)ccc21. The summed E-state index contributed by atoms with van der Waals surface area (Å²) < 4.78 is 30.9. The summed E-state index contributed by atoms with van der Waals surface area (Å²) in [6, 6.07) is 12.5. The summed E-state index contributed by atoms with van der Waals surface area (Å²) in [5, 5.41) is 0. The summed E-state index contributed by atoms with van der Waals surface area (Å²) in [5.74, 6) is -0.185. The number of hydrogen-bond donors (Lipinski definition) is 0. The Bertz CT molecular complexity index is 1430. The molecular weight excluding hydrogens is 452 g/mol. The molecule has 0 radical (unpaired) electrons. The topological polar surface area (TPSA) is 84.6 Å². The molecular formula is C25H30N4O4S. The standard InChI is InChI=1S/C25H30N4O4S/c1-17(2)28-22-11-10-20(34(32,33)26-12-6-7-13-26)15-23(22)27(25(28)31)16-24(30)29-18(3)14-19-8-4-5-9-21(19)29/h4-5,8-11,15,17-18H,6-7,12-14,16H2,1-3H3/t18-/m0/s1. The average molecular weight is 483 g/mol. The molecule has 1 atom stereocenters. The monoisotopic (exact) mass is 482 g/mol. The molecule has 0 saturated carbocycles. The minimum absolute atomic E-state index is 0.00911. The summed E-state index contributed by atoms with van der Waals surface area (Å²) in [5.41, 5.74) is 2.77. The normalized spacial score (nSPS) is 18.8. The highest BCUT2D eigenvalue weighted by Crippen LogP contribution is 2.32. The van der Waals surface area contributed by atoms with Crippen molar-refractivity contribution in [2.75, 3.05) is 18.0 Å². The van der Waals surface area contributed by atoms with Crippen LogP contribution in [0, 0.1) is 0 Å². The molecule has 0 spiro atoms. The van der Waals surface area contributed by atoms with Crippen molar-refractivity contribution in [2.24, 2.45) is 0 Å². The molecule has 2 aromatic carbocycles. The largest absolute Gasteiger partial charge is 0.329 e. The minimum Gasteiger partial charge on any atom is -0.307 e. The quantitative estimate of drug-likeness (QED) is 0.559. The van der Waals surface area contributed by atoms with E-state index in [0.717, 1.165) is 30.5 Å². The van der Waals surface area contributed by atoms with Crippen LogP contribution in [-0.2, 0) is 27.8 Å². The Balaban J connectivity index is 1.59. The lowest BCUT2D eigenvalue weighted by Crippen LogP contribution is -2.40. The molecule has 3 heterocycles. The number of benzene rings is 2. The summed E-state index contributed by atoms with van der Waals surface area (Å²) in [6.07, 6.45) is 2.46. The van der Waals surface area contributed by atoms with Crippen molar-refractivity contribution in [1.29, 1.82) is 0 Å². The van der Waals surface area contributed by atoms with E-state index >= 15 is 0 Å². The van der Waals surface area contributed by atoms with E-state index in [1.807, 2.05) is 45.0 Å². The summed E-state index contributed by atoms with van der Waals surface area (Å²) in [6.45, 7) is 6.66. The third-order valence-corrected chi connectivity index (χ3v) is 8.82. The number of imidazole rings is 1. The number of rotatable bonds is 5. The molecule has 180 valence electrons. The Kier molecular flexibility index (Phi) is 5.64. The lowest BCUT2D eigenvalue weighted by molar-refractivity contribution is -0.119. The number of amides is 1. The van der Waals surface area contributed by atoms with Crippen molar-refractivity contribution >= 4 is 32.7 Å². The Morgan fingerprint density at radius 1 is 1.06 bits per heavy atom. The second-order valence-electron chi connectivity index (χ2n) is 9.54. The molecule has 1 saturated heterocycles. The Hall–Kier alpha value is -2.91. The van der Waals surface area contributed by atoms with Gasteiger partial charge < -0.3 is 4.90 Å². The Morgan fingerprint density at radius 3 is 2.47 bits per heavy atom. The number of anilines is 1. The predicted octanol–water partition coefficient (Wildman–Crippen LogP) is 3.15. The zero-order valence-corrected chi connectivity index (χ0v) is 20.6. The van der Waals surface area contributed by atoms with Crippen LogP contribution in [0.2, 0.25) is 0 Å². The number of carbonyl (C=O) groups is 1. The first-order chi connectivity index (χ1) is 16.2. The van der Waals surface area contributed by atoms with E-state index in [9.17, 15) is 18.0 Å². The van der Waals surface area contributed by atoms with Gasteiger partial charge in [-0.25, -0.2) is 13.2 Å². The van der Waals surface area contributed by atoms with E-state index in [-0.39, 0.29) is 35.1 Å². The van der Waals surface area contributed by atoms with Gasteiger partial charge in [-0.15, -0.1) is 0 Å². The van der Waals surface area contributed by atoms with Crippen molar-refractivity contribution in [1.82, 2.24) is 13.4 Å². The van der Waals surface area contributed by atoms with Crippen LogP contribution in [-0.4, -0.2) is 46.9 Å². The molecule has 0 unspecified atom stereocenters. The predicted molar refractivity (Wildman–Crippen MR) is 132 cm³/mol. The lowest BCUT2D eigenvalue weighted by atomic mass is 10.1. The van der Waals surface area contributed by atoms with Crippen LogP contribution in [0.5, 0.6) is 0 Å². The number of aromatic nitrogens is 2. The average Bonchev–Trinajstić information content (AvgIpc) is 3.50. The maximum absolute atomic E-state index is 13.5. The minimum atomic E-state index is -3.65. The number of hydrogen-bond acceptors (Lipinski definition) is 4. The van der Waals surface area contributed by atoms with Gasteiger partial charge in [0, 0.05) is 30.9 Å². The van der Waals surface area contributed by atoms with Crippen LogP contribution in [0.4, 0.5) is 5.69 Å². The van der Waals surface area contributed by atoms with E-state index in [1.54, 1.807) is 27.7 Å². The molecule has 5 rings (SSSR count). The first kappa shape index (κ1) is 22.9. The highest BCUT2D eigenvalue weighted by Gasteiger charge is 2.32. The van der Waals surface area contributed by atoms with Gasteiger partial charge in [-0.05, 0) is 69.9 Å². The molecule has 0 bridgehead atoms. The van der Waals surface area contributed by atoms with E-state index in [4.69, 9.17) is 0 Å². The van der Waals surface area contributed by atoms with E-state index in [0.29, 0.717) is 24.1 Å². The molecule has 34 heavy (non-hydrogen) atoms. The molecule has 9 heteroatoms. The summed E-state index contributed by atoms with van der Waals surface area (Å²) in [7, 11) is -3.65.